The normalized spacial score (nSPS) is 26.3. The molecule has 0 saturated carbocycles. The molecule has 1 nitrogen and oxygen atoms in total. The average molecular weight is 129 g/mol. The first-order valence-corrected chi connectivity index (χ1v) is 4.13. The third-order valence-electron chi connectivity index (χ3n) is 1.56. The molecule has 9 heavy (non-hydrogen) atoms. The van der Waals surface area contributed by atoms with E-state index in [2.05, 4.69) is 12.2 Å². The van der Waals surface area contributed by atoms with Crippen LogP contribution in [0, 0.1) is 0 Å². The quantitative estimate of drug-likeness (QED) is 0.528. The van der Waals surface area contributed by atoms with Gasteiger partial charge in [-0.3, -0.25) is 0 Å². The van der Waals surface area contributed by atoms with Crippen LogP contribution in [0.25, 0.3) is 0 Å². The van der Waals surface area contributed by atoms with Crippen molar-refractivity contribution in [1.29, 1.82) is 0 Å². The van der Waals surface area contributed by atoms with Crippen LogP contribution in [0.4, 0.5) is 0 Å². The lowest BCUT2D eigenvalue weighted by Crippen LogP contribution is -2.30. The molecule has 1 saturated heterocycles. The molecular weight excluding hydrogens is 110 g/mol. The lowest BCUT2D eigenvalue weighted by Gasteiger charge is -2.18. The van der Waals surface area contributed by atoms with Crippen molar-refractivity contribution in [3.05, 3.63) is 0 Å². The van der Waals surface area contributed by atoms with Gasteiger partial charge in [0.05, 0.1) is 0 Å². The molecule has 0 spiro atoms. The van der Waals surface area contributed by atoms with E-state index in [0.29, 0.717) is 0 Å². The van der Waals surface area contributed by atoms with Gasteiger partial charge in [-0.2, -0.15) is 0 Å². The largest absolute Gasteiger partial charge is 0.314 e. The molecular formula is C8H19N. The number of hydrogen-bond donors (Lipinski definition) is 1. The van der Waals surface area contributed by atoms with E-state index in [1.807, 2.05) is 13.8 Å². The zero-order valence-electron chi connectivity index (χ0n) is 6.91. The Bertz CT molecular complexity index is 46.5. The minimum Gasteiger partial charge on any atom is -0.314 e. The van der Waals surface area contributed by atoms with Gasteiger partial charge >= 0.3 is 0 Å². The molecule has 1 N–H and O–H groups in total. The Kier molecular flexibility index (Phi) is 6.06. The zero-order valence-corrected chi connectivity index (χ0v) is 6.91. The van der Waals surface area contributed by atoms with Gasteiger partial charge in [-0.25, -0.2) is 0 Å². The molecule has 0 aromatic carbocycles. The van der Waals surface area contributed by atoms with E-state index in [1.54, 1.807) is 0 Å². The van der Waals surface area contributed by atoms with Crippen LogP contribution >= 0.6 is 0 Å². The SMILES string of the molecule is CC.C[C@H]1CCCCN1. The summed E-state index contributed by atoms with van der Waals surface area (Å²) in [4.78, 5) is 0. The van der Waals surface area contributed by atoms with Gasteiger partial charge in [0.2, 0.25) is 0 Å². The first-order chi connectivity index (χ1) is 4.39. The molecule has 0 aromatic heterocycles. The second-order valence-electron chi connectivity index (χ2n) is 2.35. The molecule has 0 unspecified atom stereocenters. The monoisotopic (exact) mass is 129 g/mol. The fourth-order valence-electron chi connectivity index (χ4n) is 1.03. The van der Waals surface area contributed by atoms with Gasteiger partial charge < -0.3 is 5.32 Å². The molecule has 1 heterocycles. The smallest absolute Gasteiger partial charge is 0.00387 e. The van der Waals surface area contributed by atoms with Crippen LogP contribution in [-0.4, -0.2) is 12.6 Å². The van der Waals surface area contributed by atoms with Gasteiger partial charge in [0.15, 0.2) is 0 Å². The first kappa shape index (κ1) is 8.96. The standard InChI is InChI=1S/C6H13N.C2H6/c1-6-4-2-3-5-7-6;1-2/h6-7H,2-5H2,1H3;1-2H3/t6-;/m0./s1. The molecule has 0 aromatic rings. The minimum absolute atomic E-state index is 0.786. The van der Waals surface area contributed by atoms with Gasteiger partial charge in [0.25, 0.3) is 0 Å². The molecule has 1 fully saturated rings. The maximum absolute atomic E-state index is 3.38. The highest BCUT2D eigenvalue weighted by Gasteiger charge is 2.04. The molecule has 1 aliphatic rings. The molecule has 0 radical (unpaired) electrons. The number of nitrogens with one attached hydrogen (secondary N) is 1. The third-order valence-corrected chi connectivity index (χ3v) is 1.56. The minimum atomic E-state index is 0.786. The van der Waals surface area contributed by atoms with Gasteiger partial charge in [0, 0.05) is 6.04 Å². The Morgan fingerprint density at radius 1 is 1.22 bits per heavy atom. The summed E-state index contributed by atoms with van der Waals surface area (Å²) < 4.78 is 0. The predicted molar refractivity (Wildman–Crippen MR) is 42.7 cm³/mol. The van der Waals surface area contributed by atoms with Crippen molar-refractivity contribution in [2.24, 2.45) is 0 Å². The molecule has 1 atom stereocenters. The molecule has 56 valence electrons. The topological polar surface area (TPSA) is 12.0 Å². The fourth-order valence-corrected chi connectivity index (χ4v) is 1.03. The van der Waals surface area contributed by atoms with Crippen LogP contribution in [0.3, 0.4) is 0 Å². The van der Waals surface area contributed by atoms with Crippen molar-refractivity contribution in [2.45, 2.75) is 46.1 Å². The van der Waals surface area contributed by atoms with Gasteiger partial charge in [-0.15, -0.1) is 0 Å². The van der Waals surface area contributed by atoms with Crippen molar-refractivity contribution in [1.82, 2.24) is 5.32 Å². The van der Waals surface area contributed by atoms with E-state index < -0.39 is 0 Å². The van der Waals surface area contributed by atoms with Crippen LogP contribution < -0.4 is 5.32 Å². The zero-order chi connectivity index (χ0) is 7.11. The lowest BCUT2D eigenvalue weighted by atomic mass is 10.1. The van der Waals surface area contributed by atoms with Crippen LogP contribution in [0.15, 0.2) is 0 Å². The molecule has 0 bridgehead atoms. The molecule has 0 amide bonds. The fraction of sp³-hybridized carbons (Fsp3) is 1.00. The van der Waals surface area contributed by atoms with Gasteiger partial charge in [-0.05, 0) is 26.3 Å². The van der Waals surface area contributed by atoms with Gasteiger partial charge in [0.1, 0.15) is 0 Å². The highest BCUT2D eigenvalue weighted by atomic mass is 14.9. The number of hydrogen-bond acceptors (Lipinski definition) is 1. The van der Waals surface area contributed by atoms with Crippen molar-refractivity contribution in [2.75, 3.05) is 6.54 Å². The summed E-state index contributed by atoms with van der Waals surface area (Å²) in [6.45, 7) is 7.49. The molecule has 1 heteroatoms. The molecule has 0 aliphatic carbocycles. The summed E-state index contributed by atoms with van der Waals surface area (Å²) in [5.41, 5.74) is 0. The van der Waals surface area contributed by atoms with E-state index >= 15 is 0 Å². The Balaban J connectivity index is 0.000000291. The molecule has 1 aliphatic heterocycles. The van der Waals surface area contributed by atoms with Crippen LogP contribution in [0.5, 0.6) is 0 Å². The average Bonchev–Trinajstić information content (AvgIpc) is 1.94. The summed E-state index contributed by atoms with van der Waals surface area (Å²) in [7, 11) is 0. The first-order valence-electron chi connectivity index (χ1n) is 4.13. The third kappa shape index (κ3) is 4.46. The van der Waals surface area contributed by atoms with Crippen molar-refractivity contribution >= 4 is 0 Å². The second-order valence-corrected chi connectivity index (χ2v) is 2.35. The predicted octanol–water partition coefficient (Wildman–Crippen LogP) is 2.17. The number of piperidine rings is 1. The van der Waals surface area contributed by atoms with Crippen LogP contribution in [0.1, 0.15) is 40.0 Å². The van der Waals surface area contributed by atoms with E-state index in [-0.39, 0.29) is 0 Å². The second kappa shape index (κ2) is 6.09. The number of rotatable bonds is 0. The maximum Gasteiger partial charge on any atom is 0.00387 e. The van der Waals surface area contributed by atoms with E-state index in [4.69, 9.17) is 0 Å². The highest BCUT2D eigenvalue weighted by molar-refractivity contribution is 4.65. The Morgan fingerprint density at radius 2 is 1.89 bits per heavy atom. The lowest BCUT2D eigenvalue weighted by molar-refractivity contribution is 0.425. The van der Waals surface area contributed by atoms with Gasteiger partial charge in [-0.1, -0.05) is 20.3 Å². The summed E-state index contributed by atoms with van der Waals surface area (Å²) in [5, 5.41) is 3.38. The van der Waals surface area contributed by atoms with Crippen molar-refractivity contribution < 1.29 is 0 Å². The summed E-state index contributed by atoms with van der Waals surface area (Å²) in [5.74, 6) is 0. The van der Waals surface area contributed by atoms with E-state index in [1.165, 1.54) is 25.8 Å². The Morgan fingerprint density at radius 3 is 2.11 bits per heavy atom. The summed E-state index contributed by atoms with van der Waals surface area (Å²) >= 11 is 0. The maximum atomic E-state index is 3.38. The molecule has 1 rings (SSSR count). The Labute approximate surface area is 58.8 Å². The summed E-state index contributed by atoms with van der Waals surface area (Å²) in [6, 6.07) is 0.786. The van der Waals surface area contributed by atoms with Crippen LogP contribution in [-0.2, 0) is 0 Å². The van der Waals surface area contributed by atoms with Crippen LogP contribution in [0.2, 0.25) is 0 Å². The van der Waals surface area contributed by atoms with E-state index in [9.17, 15) is 0 Å². The van der Waals surface area contributed by atoms with Crippen molar-refractivity contribution in [3.63, 3.8) is 0 Å². The van der Waals surface area contributed by atoms with Crippen molar-refractivity contribution in [3.8, 4) is 0 Å². The Hall–Kier alpha value is -0.0400. The van der Waals surface area contributed by atoms with E-state index in [0.717, 1.165) is 6.04 Å². The summed E-state index contributed by atoms with van der Waals surface area (Å²) in [6.07, 6.45) is 4.18. The highest BCUT2D eigenvalue weighted by Crippen LogP contribution is 2.04.